The van der Waals surface area contributed by atoms with Crippen molar-refractivity contribution in [2.24, 2.45) is 11.8 Å². The summed E-state index contributed by atoms with van der Waals surface area (Å²) in [6, 6.07) is 13.2. The van der Waals surface area contributed by atoms with Gasteiger partial charge in [0, 0.05) is 24.3 Å². The molecule has 2 aromatic rings. The quantitative estimate of drug-likeness (QED) is 0.915. The Labute approximate surface area is 139 Å². The number of rotatable bonds is 2. The number of carbonyl (C=O) groups is 1. The summed E-state index contributed by atoms with van der Waals surface area (Å²) in [5.41, 5.74) is 0.196. The normalized spacial score (nSPS) is 25.5. The molecule has 1 aliphatic carbocycles. The van der Waals surface area contributed by atoms with Crippen LogP contribution in [0.1, 0.15) is 24.0 Å². The van der Waals surface area contributed by atoms with Crippen LogP contribution in [-0.2, 0) is 10.2 Å². The summed E-state index contributed by atoms with van der Waals surface area (Å²) in [5, 5.41) is 3.26. The molecule has 4 heteroatoms. The van der Waals surface area contributed by atoms with E-state index in [9.17, 15) is 13.6 Å². The van der Waals surface area contributed by atoms with Crippen molar-refractivity contribution in [1.29, 1.82) is 0 Å². The third-order valence-electron chi connectivity index (χ3n) is 5.74. The van der Waals surface area contributed by atoms with Gasteiger partial charge in [-0.1, -0.05) is 36.4 Å². The minimum atomic E-state index is -0.807. The maximum absolute atomic E-state index is 14.8. The standard InChI is InChI=1S/C20H19F2NO/c21-17-7-3-1-5-14(17)20(15-6-2-4-8-18(15)22)10-9-19(24)13-11-23-12-16(13)20/h1-8,13,16,23H,9-12H2. The fourth-order valence-electron chi connectivity index (χ4n) is 4.69. The SMILES string of the molecule is O=C1CCC(c2ccccc2F)(c2ccccc2F)C2CNCC12. The lowest BCUT2D eigenvalue weighted by atomic mass is 9.56. The molecule has 1 aliphatic heterocycles. The van der Waals surface area contributed by atoms with Gasteiger partial charge < -0.3 is 5.32 Å². The maximum atomic E-state index is 14.8. The molecule has 2 aliphatic rings. The number of nitrogens with one attached hydrogen (secondary N) is 1. The number of carbonyl (C=O) groups excluding carboxylic acids is 1. The highest BCUT2D eigenvalue weighted by molar-refractivity contribution is 5.84. The molecular weight excluding hydrogens is 308 g/mol. The minimum absolute atomic E-state index is 0.132. The molecule has 0 radical (unpaired) electrons. The van der Waals surface area contributed by atoms with Gasteiger partial charge in [0.15, 0.2) is 0 Å². The van der Waals surface area contributed by atoms with Gasteiger partial charge >= 0.3 is 0 Å². The van der Waals surface area contributed by atoms with Gasteiger partial charge in [-0.15, -0.1) is 0 Å². The van der Waals surface area contributed by atoms with E-state index < -0.39 is 5.41 Å². The Morgan fingerprint density at radius 1 is 0.917 bits per heavy atom. The van der Waals surface area contributed by atoms with Crippen LogP contribution in [0.4, 0.5) is 8.78 Å². The largest absolute Gasteiger partial charge is 0.316 e. The fraction of sp³-hybridized carbons (Fsp3) is 0.350. The Morgan fingerprint density at radius 3 is 2.08 bits per heavy atom. The van der Waals surface area contributed by atoms with Gasteiger partial charge in [0.25, 0.3) is 0 Å². The Kier molecular flexibility index (Phi) is 3.72. The molecule has 1 N–H and O–H groups in total. The molecule has 2 nitrogen and oxygen atoms in total. The number of benzene rings is 2. The average Bonchev–Trinajstić information content (AvgIpc) is 3.08. The fourth-order valence-corrected chi connectivity index (χ4v) is 4.69. The Hall–Kier alpha value is -2.07. The molecular formula is C20H19F2NO. The second kappa shape index (κ2) is 5.78. The van der Waals surface area contributed by atoms with Gasteiger partial charge in [0.2, 0.25) is 0 Å². The summed E-state index contributed by atoms with van der Waals surface area (Å²) < 4.78 is 29.5. The van der Waals surface area contributed by atoms with Gasteiger partial charge in [-0.25, -0.2) is 8.78 Å². The maximum Gasteiger partial charge on any atom is 0.137 e. The number of hydrogen-bond acceptors (Lipinski definition) is 2. The topological polar surface area (TPSA) is 29.1 Å². The van der Waals surface area contributed by atoms with Crippen molar-refractivity contribution in [3.8, 4) is 0 Å². The highest BCUT2D eigenvalue weighted by Gasteiger charge is 2.54. The molecule has 0 bridgehead atoms. The van der Waals surface area contributed by atoms with Crippen LogP contribution in [0.5, 0.6) is 0 Å². The number of Topliss-reactive ketones (excluding diaryl/α,β-unsaturated/α-hetero) is 1. The van der Waals surface area contributed by atoms with E-state index in [1.165, 1.54) is 12.1 Å². The lowest BCUT2D eigenvalue weighted by Gasteiger charge is -2.45. The van der Waals surface area contributed by atoms with Crippen LogP contribution in [0, 0.1) is 23.5 Å². The predicted molar refractivity (Wildman–Crippen MR) is 87.7 cm³/mol. The summed E-state index contributed by atoms with van der Waals surface area (Å²) in [4.78, 5) is 12.4. The van der Waals surface area contributed by atoms with E-state index in [4.69, 9.17) is 0 Å². The molecule has 124 valence electrons. The van der Waals surface area contributed by atoms with Gasteiger partial charge in [0.1, 0.15) is 17.4 Å². The van der Waals surface area contributed by atoms with Crippen LogP contribution in [0.2, 0.25) is 0 Å². The summed E-state index contributed by atoms with van der Waals surface area (Å²) >= 11 is 0. The zero-order valence-electron chi connectivity index (χ0n) is 13.3. The first-order chi connectivity index (χ1) is 11.6. The van der Waals surface area contributed by atoms with Crippen molar-refractivity contribution in [2.45, 2.75) is 18.3 Å². The monoisotopic (exact) mass is 327 g/mol. The van der Waals surface area contributed by atoms with Crippen LogP contribution in [-0.4, -0.2) is 18.9 Å². The lowest BCUT2D eigenvalue weighted by molar-refractivity contribution is -0.126. The van der Waals surface area contributed by atoms with E-state index in [-0.39, 0.29) is 29.3 Å². The minimum Gasteiger partial charge on any atom is -0.316 e. The zero-order chi connectivity index (χ0) is 16.7. The van der Waals surface area contributed by atoms with Crippen LogP contribution in [0.3, 0.4) is 0 Å². The number of ketones is 1. The van der Waals surface area contributed by atoms with E-state index >= 15 is 0 Å². The van der Waals surface area contributed by atoms with E-state index in [0.717, 1.165) is 0 Å². The van der Waals surface area contributed by atoms with Gasteiger partial charge in [-0.05, 0) is 42.1 Å². The van der Waals surface area contributed by atoms with Crippen molar-refractivity contribution < 1.29 is 13.6 Å². The molecule has 0 amide bonds. The second-order valence-corrected chi connectivity index (χ2v) is 6.77. The van der Waals surface area contributed by atoms with Crippen molar-refractivity contribution in [1.82, 2.24) is 5.32 Å². The molecule has 24 heavy (non-hydrogen) atoms. The van der Waals surface area contributed by atoms with Crippen molar-refractivity contribution in [3.05, 3.63) is 71.3 Å². The molecule has 1 saturated carbocycles. The van der Waals surface area contributed by atoms with E-state index in [0.29, 0.717) is 37.1 Å². The van der Waals surface area contributed by atoms with Crippen LogP contribution in [0.15, 0.2) is 48.5 Å². The summed E-state index contributed by atoms with van der Waals surface area (Å²) in [6.45, 7) is 1.19. The molecule has 1 heterocycles. The van der Waals surface area contributed by atoms with E-state index in [1.54, 1.807) is 36.4 Å². The average molecular weight is 327 g/mol. The summed E-state index contributed by atoms with van der Waals surface area (Å²) in [7, 11) is 0. The molecule has 2 unspecified atom stereocenters. The van der Waals surface area contributed by atoms with E-state index in [2.05, 4.69) is 5.32 Å². The third-order valence-corrected chi connectivity index (χ3v) is 5.74. The molecule has 2 aromatic carbocycles. The zero-order valence-corrected chi connectivity index (χ0v) is 13.3. The Morgan fingerprint density at radius 2 is 1.50 bits per heavy atom. The lowest BCUT2D eigenvalue weighted by Crippen LogP contribution is -2.48. The molecule has 1 saturated heterocycles. The molecule has 0 spiro atoms. The smallest absolute Gasteiger partial charge is 0.137 e. The highest BCUT2D eigenvalue weighted by Crippen LogP contribution is 2.52. The van der Waals surface area contributed by atoms with Crippen LogP contribution in [0.25, 0.3) is 0 Å². The molecule has 2 fully saturated rings. The Bertz CT molecular complexity index is 743. The number of halogens is 2. The van der Waals surface area contributed by atoms with Crippen molar-refractivity contribution >= 4 is 5.78 Å². The van der Waals surface area contributed by atoms with E-state index in [1.807, 2.05) is 0 Å². The molecule has 2 atom stereocenters. The van der Waals surface area contributed by atoms with Crippen molar-refractivity contribution in [2.75, 3.05) is 13.1 Å². The van der Waals surface area contributed by atoms with Crippen LogP contribution < -0.4 is 5.32 Å². The molecule has 0 aromatic heterocycles. The predicted octanol–water partition coefficient (Wildman–Crippen LogP) is 3.45. The number of hydrogen-bond donors (Lipinski definition) is 1. The van der Waals surface area contributed by atoms with Gasteiger partial charge in [-0.2, -0.15) is 0 Å². The first kappa shape index (κ1) is 15.5. The molecule has 4 rings (SSSR count). The Balaban J connectivity index is 1.99. The summed E-state index contributed by atoms with van der Waals surface area (Å²) in [5.74, 6) is -0.777. The third kappa shape index (κ3) is 2.13. The summed E-state index contributed by atoms with van der Waals surface area (Å²) in [6.07, 6.45) is 0.794. The first-order valence-electron chi connectivity index (χ1n) is 8.38. The number of fused-ring (bicyclic) bond motifs is 1. The van der Waals surface area contributed by atoms with Gasteiger partial charge in [0.05, 0.1) is 0 Å². The second-order valence-electron chi connectivity index (χ2n) is 6.77. The van der Waals surface area contributed by atoms with Crippen LogP contribution >= 0.6 is 0 Å². The highest BCUT2D eigenvalue weighted by atomic mass is 19.1. The first-order valence-corrected chi connectivity index (χ1v) is 8.38. The van der Waals surface area contributed by atoms with Gasteiger partial charge in [-0.3, -0.25) is 4.79 Å². The van der Waals surface area contributed by atoms with Crippen molar-refractivity contribution in [3.63, 3.8) is 0 Å².